The van der Waals surface area contributed by atoms with E-state index in [1.165, 1.54) is 6.07 Å². The highest BCUT2D eigenvalue weighted by Crippen LogP contribution is 2.51. The van der Waals surface area contributed by atoms with E-state index in [-0.39, 0.29) is 34.4 Å². The number of terminal acetylenes is 1. The second-order valence-electron chi connectivity index (χ2n) is 8.02. The molecule has 1 aromatic heterocycles. The van der Waals surface area contributed by atoms with Gasteiger partial charge < -0.3 is 15.5 Å². The van der Waals surface area contributed by atoms with Crippen LogP contribution in [0, 0.1) is 12.3 Å². The van der Waals surface area contributed by atoms with Crippen molar-refractivity contribution in [2.45, 2.75) is 37.5 Å². The molecule has 2 amide bonds. The van der Waals surface area contributed by atoms with Gasteiger partial charge in [0.05, 0.1) is 29.3 Å². The minimum atomic E-state index is -4.82. The fourth-order valence-electron chi connectivity index (χ4n) is 4.15. The number of carbonyl (C=O) groups excluding carboxylic acids is 2. The molecule has 0 spiro atoms. The number of carbonyl (C=O) groups is 2. The second-order valence-corrected chi connectivity index (χ2v) is 9.92. The van der Waals surface area contributed by atoms with Gasteiger partial charge >= 0.3 is 6.18 Å². The molecule has 0 saturated carbocycles. The molecule has 2 heterocycles. The van der Waals surface area contributed by atoms with Crippen molar-refractivity contribution in [3.8, 4) is 12.3 Å². The van der Waals surface area contributed by atoms with E-state index in [1.54, 1.807) is 0 Å². The van der Waals surface area contributed by atoms with Gasteiger partial charge in [0.25, 0.3) is 11.5 Å². The van der Waals surface area contributed by atoms with Gasteiger partial charge in [-0.2, -0.15) is 13.2 Å². The average Bonchev–Trinajstić information content (AvgIpc) is 3.50. The first-order chi connectivity index (χ1) is 16.6. The molecule has 4 rings (SSSR count). The topological polar surface area (TPSA) is 79.8 Å². The molecule has 2 N–H and O–H groups in total. The maximum absolute atomic E-state index is 14.3. The number of rotatable bonds is 6. The molecule has 1 unspecified atom stereocenters. The number of nitrogens with one attached hydrogen (secondary N) is 2. The Morgan fingerprint density at radius 3 is 2.51 bits per heavy atom. The number of hydrogen-bond acceptors (Lipinski definition) is 5. The standard InChI is InChI=1S/C23H18Cl2F3N3O3S/c1-2-6-29-18(32)11-30-21(33)20-16-5-3-4-15(16)19(35-20)17-10-22(34-31-17,23(26,27)28)12-7-13(24)9-14(25)8-12/h1,7-9H,3-6,10-11H2,(H,29,32)(H,30,33). The number of nitrogens with zero attached hydrogens (tertiary/aromatic N) is 1. The maximum Gasteiger partial charge on any atom is 0.435 e. The first-order valence-corrected chi connectivity index (χ1v) is 12.0. The van der Waals surface area contributed by atoms with Gasteiger partial charge in [-0.25, -0.2) is 0 Å². The van der Waals surface area contributed by atoms with Crippen LogP contribution in [-0.2, 0) is 28.1 Å². The fraction of sp³-hybridized carbons (Fsp3) is 0.348. The van der Waals surface area contributed by atoms with Crippen molar-refractivity contribution in [1.29, 1.82) is 0 Å². The number of oxime groups is 1. The molecule has 6 nitrogen and oxygen atoms in total. The first-order valence-electron chi connectivity index (χ1n) is 10.5. The highest BCUT2D eigenvalue weighted by atomic mass is 35.5. The Hall–Kier alpha value is -2.74. The summed E-state index contributed by atoms with van der Waals surface area (Å²) in [6.45, 7) is -0.245. The van der Waals surface area contributed by atoms with Gasteiger partial charge in [0.1, 0.15) is 5.71 Å². The van der Waals surface area contributed by atoms with E-state index in [1.807, 2.05) is 0 Å². The van der Waals surface area contributed by atoms with E-state index in [4.69, 9.17) is 34.5 Å². The van der Waals surface area contributed by atoms with Crippen LogP contribution in [0.15, 0.2) is 23.4 Å². The van der Waals surface area contributed by atoms with E-state index in [0.29, 0.717) is 22.6 Å². The SMILES string of the molecule is C#CCNC(=O)CNC(=O)c1sc(C2=NOC(c3cc(Cl)cc(Cl)c3)(C(F)(F)F)C2)c2c1CCC2. The van der Waals surface area contributed by atoms with Crippen LogP contribution in [0.4, 0.5) is 13.2 Å². The summed E-state index contributed by atoms with van der Waals surface area (Å²) in [6.07, 6.45) is 1.61. The number of benzene rings is 1. The minimum absolute atomic E-state index is 0.0336. The van der Waals surface area contributed by atoms with Crippen molar-refractivity contribution >= 4 is 52.1 Å². The van der Waals surface area contributed by atoms with E-state index >= 15 is 0 Å². The van der Waals surface area contributed by atoms with Gasteiger partial charge in [-0.3, -0.25) is 9.59 Å². The quantitative estimate of drug-likeness (QED) is 0.522. The molecular weight excluding hydrogens is 526 g/mol. The lowest BCUT2D eigenvalue weighted by molar-refractivity contribution is -0.275. The summed E-state index contributed by atoms with van der Waals surface area (Å²) in [5, 5.41) is 8.87. The molecule has 35 heavy (non-hydrogen) atoms. The molecule has 184 valence electrons. The predicted octanol–water partition coefficient (Wildman–Crippen LogP) is 4.61. The van der Waals surface area contributed by atoms with Crippen molar-refractivity contribution < 1.29 is 27.6 Å². The minimum Gasteiger partial charge on any atom is -0.374 e. The average molecular weight is 544 g/mol. The molecule has 0 saturated heterocycles. The third-order valence-electron chi connectivity index (χ3n) is 5.75. The molecule has 0 radical (unpaired) electrons. The van der Waals surface area contributed by atoms with E-state index in [2.05, 4.69) is 21.7 Å². The summed E-state index contributed by atoms with van der Waals surface area (Å²) in [6, 6.07) is 3.64. The van der Waals surface area contributed by atoms with Gasteiger partial charge in [0.15, 0.2) is 0 Å². The van der Waals surface area contributed by atoms with Crippen LogP contribution in [0.3, 0.4) is 0 Å². The number of halogens is 5. The highest BCUT2D eigenvalue weighted by Gasteiger charge is 2.62. The van der Waals surface area contributed by atoms with Crippen molar-refractivity contribution in [3.63, 3.8) is 0 Å². The lowest BCUT2D eigenvalue weighted by atomic mass is 9.87. The third-order valence-corrected chi connectivity index (χ3v) is 7.51. The number of amides is 2. The number of fused-ring (bicyclic) bond motifs is 1. The van der Waals surface area contributed by atoms with E-state index < -0.39 is 30.0 Å². The van der Waals surface area contributed by atoms with Crippen LogP contribution >= 0.6 is 34.5 Å². The normalized spacial score (nSPS) is 18.9. The molecule has 0 bridgehead atoms. The highest BCUT2D eigenvalue weighted by molar-refractivity contribution is 7.16. The van der Waals surface area contributed by atoms with Crippen LogP contribution in [0.25, 0.3) is 0 Å². The van der Waals surface area contributed by atoms with Crippen LogP contribution in [0.1, 0.15) is 44.1 Å². The van der Waals surface area contributed by atoms with Crippen molar-refractivity contribution in [3.05, 3.63) is 54.7 Å². The van der Waals surface area contributed by atoms with Crippen molar-refractivity contribution in [2.75, 3.05) is 13.1 Å². The molecule has 12 heteroatoms. The third kappa shape index (κ3) is 4.85. The summed E-state index contributed by atoms with van der Waals surface area (Å²) < 4.78 is 43.0. The Bertz CT molecular complexity index is 1250. The second kappa shape index (κ2) is 9.72. The Morgan fingerprint density at radius 2 is 1.86 bits per heavy atom. The molecule has 2 aliphatic rings. The largest absolute Gasteiger partial charge is 0.435 e. The monoisotopic (exact) mass is 543 g/mol. The summed E-state index contributed by atoms with van der Waals surface area (Å²) in [5.74, 6) is 1.32. The smallest absolute Gasteiger partial charge is 0.374 e. The Kier molecular flexibility index (Phi) is 7.04. The zero-order chi connectivity index (χ0) is 25.4. The number of thiophene rings is 1. The van der Waals surface area contributed by atoms with Gasteiger partial charge in [-0.05, 0) is 48.6 Å². The van der Waals surface area contributed by atoms with Crippen LogP contribution < -0.4 is 10.6 Å². The van der Waals surface area contributed by atoms with Crippen molar-refractivity contribution in [1.82, 2.24) is 10.6 Å². The Labute approximate surface area is 212 Å². The van der Waals surface area contributed by atoms with Crippen molar-refractivity contribution in [2.24, 2.45) is 5.16 Å². The maximum atomic E-state index is 14.3. The molecular formula is C23H18Cl2F3N3O3S. The van der Waals surface area contributed by atoms with Crippen LogP contribution in [-0.4, -0.2) is 36.8 Å². The molecule has 2 aromatic rings. The Balaban J connectivity index is 1.62. The predicted molar refractivity (Wildman–Crippen MR) is 127 cm³/mol. The first kappa shape index (κ1) is 25.4. The molecule has 1 aliphatic carbocycles. The van der Waals surface area contributed by atoms with Crippen LogP contribution in [0.5, 0.6) is 0 Å². The lowest BCUT2D eigenvalue weighted by Gasteiger charge is -2.29. The van der Waals surface area contributed by atoms with Crippen LogP contribution in [0.2, 0.25) is 10.0 Å². The summed E-state index contributed by atoms with van der Waals surface area (Å²) in [4.78, 5) is 30.5. The number of hydrogen-bond donors (Lipinski definition) is 2. The summed E-state index contributed by atoms with van der Waals surface area (Å²) >= 11 is 13.0. The molecule has 1 atom stereocenters. The summed E-state index contributed by atoms with van der Waals surface area (Å²) in [7, 11) is 0. The fourth-order valence-corrected chi connectivity index (χ4v) is 5.97. The van der Waals surface area contributed by atoms with Gasteiger partial charge in [0, 0.05) is 15.6 Å². The summed E-state index contributed by atoms with van der Waals surface area (Å²) in [5.41, 5.74) is -1.40. The molecule has 0 fully saturated rings. The van der Waals surface area contributed by atoms with Gasteiger partial charge in [0.2, 0.25) is 5.91 Å². The number of alkyl halides is 3. The van der Waals surface area contributed by atoms with E-state index in [0.717, 1.165) is 41.0 Å². The molecule has 1 aliphatic heterocycles. The van der Waals surface area contributed by atoms with E-state index in [9.17, 15) is 22.8 Å². The molecule has 1 aromatic carbocycles. The zero-order valence-electron chi connectivity index (χ0n) is 18.0. The Morgan fingerprint density at radius 1 is 1.17 bits per heavy atom. The zero-order valence-corrected chi connectivity index (χ0v) is 20.4. The van der Waals surface area contributed by atoms with Gasteiger partial charge in [-0.15, -0.1) is 17.8 Å². The van der Waals surface area contributed by atoms with Gasteiger partial charge in [-0.1, -0.05) is 34.3 Å². The lowest BCUT2D eigenvalue weighted by Crippen LogP contribution is -2.42.